The Morgan fingerprint density at radius 1 is 1.11 bits per heavy atom. The van der Waals surface area contributed by atoms with E-state index in [4.69, 9.17) is 0 Å². The number of benzene rings is 1. The third-order valence-corrected chi connectivity index (χ3v) is 6.99. The van der Waals surface area contributed by atoms with Gasteiger partial charge in [-0.2, -0.15) is 0 Å². The highest BCUT2D eigenvalue weighted by atomic mass is 32.1. The average Bonchev–Trinajstić information content (AvgIpc) is 3.15. The maximum atomic E-state index is 12.3. The van der Waals surface area contributed by atoms with Crippen LogP contribution < -0.4 is 0 Å². The van der Waals surface area contributed by atoms with Gasteiger partial charge in [-0.15, -0.1) is 24.5 Å². The van der Waals surface area contributed by atoms with Gasteiger partial charge in [-0.3, -0.25) is 4.90 Å². The maximum absolute atomic E-state index is 12.3. The molecule has 27 heavy (non-hydrogen) atoms. The molecular formula is C24H27NOS. The van der Waals surface area contributed by atoms with Crippen LogP contribution in [0.15, 0.2) is 61.0 Å². The Morgan fingerprint density at radius 2 is 1.89 bits per heavy atom. The molecule has 4 rings (SSSR count). The number of thiophene rings is 1. The second-order valence-corrected chi connectivity index (χ2v) is 8.46. The van der Waals surface area contributed by atoms with E-state index in [1.165, 1.54) is 10.5 Å². The number of rotatable bonds is 5. The number of aliphatic hydroxyl groups is 1. The summed E-state index contributed by atoms with van der Waals surface area (Å²) in [6, 6.07) is 10.5. The third kappa shape index (κ3) is 3.14. The van der Waals surface area contributed by atoms with Crippen molar-refractivity contribution < 1.29 is 5.11 Å². The summed E-state index contributed by atoms with van der Waals surface area (Å²) in [5, 5.41) is 14.4. The quantitative estimate of drug-likeness (QED) is 0.714. The number of piperidine rings is 1. The van der Waals surface area contributed by atoms with Crippen LogP contribution in [0.1, 0.15) is 40.8 Å². The van der Waals surface area contributed by atoms with E-state index in [2.05, 4.69) is 59.8 Å². The first-order chi connectivity index (χ1) is 13.2. The molecule has 1 fully saturated rings. The summed E-state index contributed by atoms with van der Waals surface area (Å²) in [5.74, 6) is 0.213. The van der Waals surface area contributed by atoms with E-state index in [1.807, 2.05) is 12.2 Å². The van der Waals surface area contributed by atoms with E-state index < -0.39 is 5.60 Å². The molecule has 1 atom stereocenters. The average molecular weight is 378 g/mol. The SMILES string of the molecule is C=CCC1=Cc2ccccc2C(O)(C2CCN(CC=C)CC2)c2ccsc21. The van der Waals surface area contributed by atoms with Crippen molar-refractivity contribution in [3.63, 3.8) is 0 Å². The molecule has 0 radical (unpaired) electrons. The molecule has 0 spiro atoms. The van der Waals surface area contributed by atoms with Crippen molar-refractivity contribution in [3.8, 4) is 0 Å². The largest absolute Gasteiger partial charge is 0.380 e. The van der Waals surface area contributed by atoms with Crippen molar-refractivity contribution >= 4 is 23.0 Å². The van der Waals surface area contributed by atoms with Crippen LogP contribution in [0.3, 0.4) is 0 Å². The van der Waals surface area contributed by atoms with Crippen molar-refractivity contribution in [1.29, 1.82) is 0 Å². The van der Waals surface area contributed by atoms with Crippen molar-refractivity contribution in [3.05, 3.63) is 82.6 Å². The molecule has 2 nitrogen and oxygen atoms in total. The fourth-order valence-electron chi connectivity index (χ4n) is 4.69. The number of allylic oxidation sites excluding steroid dienone is 2. The van der Waals surface area contributed by atoms with Crippen LogP contribution in [0.25, 0.3) is 11.6 Å². The van der Waals surface area contributed by atoms with Gasteiger partial charge < -0.3 is 5.11 Å². The van der Waals surface area contributed by atoms with E-state index in [-0.39, 0.29) is 5.92 Å². The first-order valence-electron chi connectivity index (χ1n) is 9.73. The molecule has 1 aromatic carbocycles. The lowest BCUT2D eigenvalue weighted by molar-refractivity contribution is -0.0125. The zero-order chi connectivity index (χ0) is 18.9. The summed E-state index contributed by atoms with van der Waals surface area (Å²) in [7, 11) is 0. The fraction of sp³-hybridized carbons (Fsp3) is 0.333. The lowest BCUT2D eigenvalue weighted by Crippen LogP contribution is -2.44. The summed E-state index contributed by atoms with van der Waals surface area (Å²) in [6.45, 7) is 10.7. The second kappa shape index (κ2) is 7.59. The second-order valence-electron chi connectivity index (χ2n) is 7.54. The summed E-state index contributed by atoms with van der Waals surface area (Å²) in [4.78, 5) is 3.63. The smallest absolute Gasteiger partial charge is 0.119 e. The van der Waals surface area contributed by atoms with E-state index >= 15 is 0 Å². The van der Waals surface area contributed by atoms with Crippen LogP contribution in [-0.2, 0) is 5.60 Å². The minimum atomic E-state index is -0.939. The predicted molar refractivity (Wildman–Crippen MR) is 116 cm³/mol. The molecule has 0 bridgehead atoms. The van der Waals surface area contributed by atoms with Gasteiger partial charge in [0.15, 0.2) is 0 Å². The Labute approximate surface area is 166 Å². The standard InChI is InChI=1S/C24H27NOS/c1-3-7-19-17-18-8-5-6-9-21(18)24(26,22-12-16-27-23(19)22)20-10-14-25(13-4-2)15-11-20/h3-6,8-9,12,16-17,20,26H,1-2,7,10-11,13-15H2. The van der Waals surface area contributed by atoms with Crippen LogP contribution in [0, 0.1) is 5.92 Å². The molecule has 140 valence electrons. The molecule has 1 aliphatic heterocycles. The number of hydrogen-bond acceptors (Lipinski definition) is 3. The van der Waals surface area contributed by atoms with Gasteiger partial charge in [-0.1, -0.05) is 36.4 Å². The summed E-state index contributed by atoms with van der Waals surface area (Å²) in [5.41, 5.74) is 3.57. The number of nitrogens with zero attached hydrogens (tertiary/aromatic N) is 1. The summed E-state index contributed by atoms with van der Waals surface area (Å²) in [6.07, 6.45) is 8.97. The predicted octanol–water partition coefficient (Wildman–Crippen LogP) is 5.31. The fourth-order valence-corrected chi connectivity index (χ4v) is 5.67. The van der Waals surface area contributed by atoms with E-state index in [9.17, 15) is 5.11 Å². The third-order valence-electron chi connectivity index (χ3n) is 6.00. The minimum absolute atomic E-state index is 0.213. The normalized spacial score (nSPS) is 23.1. The van der Waals surface area contributed by atoms with E-state index in [0.29, 0.717) is 0 Å². The van der Waals surface area contributed by atoms with Gasteiger partial charge in [0.05, 0.1) is 0 Å². The van der Waals surface area contributed by atoms with Gasteiger partial charge in [0, 0.05) is 17.0 Å². The molecule has 1 aromatic heterocycles. The van der Waals surface area contributed by atoms with Crippen molar-refractivity contribution in [1.82, 2.24) is 4.90 Å². The topological polar surface area (TPSA) is 23.5 Å². The molecule has 1 saturated heterocycles. The van der Waals surface area contributed by atoms with Gasteiger partial charge >= 0.3 is 0 Å². The van der Waals surface area contributed by atoms with Crippen LogP contribution in [0.2, 0.25) is 0 Å². The van der Waals surface area contributed by atoms with Crippen molar-refractivity contribution in [2.75, 3.05) is 19.6 Å². The molecule has 0 saturated carbocycles. The van der Waals surface area contributed by atoms with E-state index in [1.54, 1.807) is 11.3 Å². The highest BCUT2D eigenvalue weighted by Crippen LogP contribution is 2.50. The Morgan fingerprint density at radius 3 is 2.63 bits per heavy atom. The van der Waals surface area contributed by atoms with Crippen LogP contribution >= 0.6 is 11.3 Å². The van der Waals surface area contributed by atoms with E-state index in [0.717, 1.165) is 55.6 Å². The number of fused-ring (bicyclic) bond motifs is 2. The number of likely N-dealkylation sites (tertiary alicyclic amines) is 1. The summed E-state index contributed by atoms with van der Waals surface area (Å²) >= 11 is 1.73. The number of hydrogen-bond donors (Lipinski definition) is 1. The Kier molecular flexibility index (Phi) is 5.18. The van der Waals surface area contributed by atoms with Gasteiger partial charge in [-0.05, 0) is 72.5 Å². The zero-order valence-corrected chi connectivity index (χ0v) is 16.5. The highest BCUT2D eigenvalue weighted by Gasteiger charge is 2.45. The highest BCUT2D eigenvalue weighted by molar-refractivity contribution is 7.11. The molecule has 2 aromatic rings. The molecular weight excluding hydrogens is 350 g/mol. The Bertz CT molecular complexity index is 872. The lowest BCUT2D eigenvalue weighted by atomic mass is 9.71. The molecule has 1 unspecified atom stereocenters. The molecule has 3 heteroatoms. The van der Waals surface area contributed by atoms with Gasteiger partial charge in [0.25, 0.3) is 0 Å². The van der Waals surface area contributed by atoms with Gasteiger partial charge in [-0.25, -0.2) is 0 Å². The van der Waals surface area contributed by atoms with Gasteiger partial charge in [0.2, 0.25) is 0 Å². The molecule has 0 amide bonds. The van der Waals surface area contributed by atoms with Crippen LogP contribution in [0.4, 0.5) is 0 Å². The van der Waals surface area contributed by atoms with Crippen molar-refractivity contribution in [2.45, 2.75) is 24.9 Å². The Balaban J connectivity index is 1.81. The molecule has 2 heterocycles. The van der Waals surface area contributed by atoms with Gasteiger partial charge in [0.1, 0.15) is 5.60 Å². The monoisotopic (exact) mass is 377 g/mol. The Hall–Kier alpha value is -1.94. The minimum Gasteiger partial charge on any atom is -0.380 e. The zero-order valence-electron chi connectivity index (χ0n) is 15.7. The molecule has 2 aliphatic rings. The van der Waals surface area contributed by atoms with Crippen LogP contribution in [0.5, 0.6) is 0 Å². The maximum Gasteiger partial charge on any atom is 0.119 e. The molecule has 1 N–H and O–H groups in total. The van der Waals surface area contributed by atoms with Crippen molar-refractivity contribution in [2.24, 2.45) is 5.92 Å². The summed E-state index contributed by atoms with van der Waals surface area (Å²) < 4.78 is 0. The molecule has 1 aliphatic carbocycles. The van der Waals surface area contributed by atoms with Crippen LogP contribution in [-0.4, -0.2) is 29.6 Å². The lowest BCUT2D eigenvalue weighted by Gasteiger charge is -2.42. The first-order valence-corrected chi connectivity index (χ1v) is 10.6. The first kappa shape index (κ1) is 18.4.